The fourth-order valence-corrected chi connectivity index (χ4v) is 1.91. The van der Waals surface area contributed by atoms with Crippen LogP contribution in [-0.4, -0.2) is 26.8 Å². The van der Waals surface area contributed by atoms with E-state index in [0.717, 1.165) is 0 Å². The molecular formula is C11H17N3O2. The van der Waals surface area contributed by atoms with Gasteiger partial charge in [-0.15, -0.1) is 0 Å². The van der Waals surface area contributed by atoms with Gasteiger partial charge in [0.15, 0.2) is 5.82 Å². The predicted octanol–water partition coefficient (Wildman–Crippen LogP) is 0.352. The molecule has 0 bridgehead atoms. The van der Waals surface area contributed by atoms with E-state index < -0.39 is 0 Å². The van der Waals surface area contributed by atoms with Gasteiger partial charge in [0.2, 0.25) is 0 Å². The first kappa shape index (κ1) is 11.1. The van der Waals surface area contributed by atoms with Gasteiger partial charge in [0, 0.05) is 30.9 Å². The van der Waals surface area contributed by atoms with Crippen molar-refractivity contribution in [3.63, 3.8) is 0 Å². The summed E-state index contributed by atoms with van der Waals surface area (Å²) in [5.41, 5.74) is -0.345. The fourth-order valence-electron chi connectivity index (χ4n) is 1.91. The molecule has 1 saturated carbocycles. The molecule has 0 saturated heterocycles. The minimum atomic E-state index is -0.308. The average Bonchev–Trinajstić information content (AvgIpc) is 2.24. The van der Waals surface area contributed by atoms with Gasteiger partial charge in [-0.25, -0.2) is 4.98 Å². The summed E-state index contributed by atoms with van der Waals surface area (Å²) >= 11 is 0. The van der Waals surface area contributed by atoms with Crippen LogP contribution < -0.4 is 10.9 Å². The van der Waals surface area contributed by atoms with Crippen LogP contribution in [0.3, 0.4) is 0 Å². The number of aliphatic hydroxyl groups excluding tert-OH is 1. The molecule has 1 aromatic heterocycles. The first-order valence-corrected chi connectivity index (χ1v) is 5.39. The Morgan fingerprint density at radius 3 is 2.88 bits per heavy atom. The molecule has 1 aliphatic carbocycles. The van der Waals surface area contributed by atoms with Crippen LogP contribution in [0.4, 0.5) is 5.82 Å². The van der Waals surface area contributed by atoms with Crippen molar-refractivity contribution in [2.45, 2.75) is 32.4 Å². The lowest BCUT2D eigenvalue weighted by molar-refractivity contribution is -0.0512. The lowest BCUT2D eigenvalue weighted by Crippen LogP contribution is -2.57. The molecule has 1 fully saturated rings. The van der Waals surface area contributed by atoms with Gasteiger partial charge in [-0.1, -0.05) is 13.8 Å². The van der Waals surface area contributed by atoms with Crippen molar-refractivity contribution in [2.24, 2.45) is 12.5 Å². The molecule has 2 rings (SSSR count). The highest BCUT2D eigenvalue weighted by atomic mass is 16.3. The van der Waals surface area contributed by atoms with Crippen molar-refractivity contribution in [3.8, 4) is 0 Å². The first-order valence-electron chi connectivity index (χ1n) is 5.39. The summed E-state index contributed by atoms with van der Waals surface area (Å²) in [5, 5.41) is 12.7. The molecular weight excluding hydrogens is 206 g/mol. The quantitative estimate of drug-likeness (QED) is 0.759. The number of hydrogen-bond donors (Lipinski definition) is 2. The number of aliphatic hydroxyl groups is 1. The zero-order chi connectivity index (χ0) is 11.9. The molecule has 16 heavy (non-hydrogen) atoms. The van der Waals surface area contributed by atoms with Crippen molar-refractivity contribution in [1.29, 1.82) is 0 Å². The summed E-state index contributed by atoms with van der Waals surface area (Å²) in [6, 6.07) is 0.102. The normalized spacial score (nSPS) is 27.2. The third-order valence-electron chi connectivity index (χ3n) is 3.54. The number of nitrogens with zero attached hydrogens (tertiary/aromatic N) is 2. The Balaban J connectivity index is 2.17. The number of anilines is 1. The maximum absolute atomic E-state index is 11.7. The standard InChI is InChI=1S/C11H17N3O2/c1-11(2)7(6-8(11)15)13-9-10(16)14(3)5-4-12-9/h4-5,7-8,15H,6H2,1-3H3,(H,12,13). The third-order valence-corrected chi connectivity index (χ3v) is 3.54. The molecule has 0 radical (unpaired) electrons. The lowest BCUT2D eigenvalue weighted by atomic mass is 9.64. The second-order valence-corrected chi connectivity index (χ2v) is 4.96. The Bertz CT molecular complexity index is 453. The molecule has 88 valence electrons. The molecule has 1 aromatic rings. The van der Waals surface area contributed by atoms with E-state index in [1.807, 2.05) is 13.8 Å². The zero-order valence-electron chi connectivity index (χ0n) is 9.77. The van der Waals surface area contributed by atoms with Crippen molar-refractivity contribution in [2.75, 3.05) is 5.32 Å². The molecule has 0 spiro atoms. The van der Waals surface area contributed by atoms with Gasteiger partial charge in [0.1, 0.15) is 0 Å². The van der Waals surface area contributed by atoms with Crippen LogP contribution in [0.5, 0.6) is 0 Å². The van der Waals surface area contributed by atoms with E-state index in [-0.39, 0.29) is 23.1 Å². The number of aryl methyl sites for hydroxylation is 1. The Morgan fingerprint density at radius 2 is 2.31 bits per heavy atom. The molecule has 0 amide bonds. The molecule has 0 aliphatic heterocycles. The van der Waals surface area contributed by atoms with Gasteiger partial charge in [-0.2, -0.15) is 0 Å². The Hall–Kier alpha value is -1.36. The highest BCUT2D eigenvalue weighted by Gasteiger charge is 2.47. The van der Waals surface area contributed by atoms with Gasteiger partial charge in [-0.3, -0.25) is 4.79 Å². The van der Waals surface area contributed by atoms with E-state index >= 15 is 0 Å². The van der Waals surface area contributed by atoms with Crippen molar-refractivity contribution in [1.82, 2.24) is 9.55 Å². The van der Waals surface area contributed by atoms with Gasteiger partial charge < -0.3 is 15.0 Å². The number of rotatable bonds is 2. The second kappa shape index (κ2) is 3.59. The minimum Gasteiger partial charge on any atom is -0.392 e. The van der Waals surface area contributed by atoms with Gasteiger partial charge in [-0.05, 0) is 6.42 Å². The van der Waals surface area contributed by atoms with Gasteiger partial charge in [0.05, 0.1) is 6.10 Å². The largest absolute Gasteiger partial charge is 0.392 e. The second-order valence-electron chi connectivity index (χ2n) is 4.96. The van der Waals surface area contributed by atoms with E-state index in [4.69, 9.17) is 0 Å². The lowest BCUT2D eigenvalue weighted by Gasteiger charge is -2.49. The SMILES string of the molecule is Cn1ccnc(NC2CC(O)C2(C)C)c1=O. The maximum Gasteiger partial charge on any atom is 0.293 e. The highest BCUT2D eigenvalue weighted by Crippen LogP contribution is 2.41. The molecule has 0 aromatic carbocycles. The Morgan fingerprint density at radius 1 is 1.62 bits per heavy atom. The zero-order valence-corrected chi connectivity index (χ0v) is 9.77. The van der Waals surface area contributed by atoms with Gasteiger partial charge in [0.25, 0.3) is 5.56 Å². The topological polar surface area (TPSA) is 67.2 Å². The summed E-state index contributed by atoms with van der Waals surface area (Å²) in [6.45, 7) is 3.96. The van der Waals surface area contributed by atoms with Crippen molar-refractivity contribution in [3.05, 3.63) is 22.7 Å². The van der Waals surface area contributed by atoms with E-state index in [9.17, 15) is 9.90 Å². The smallest absolute Gasteiger partial charge is 0.293 e. The van der Waals surface area contributed by atoms with Crippen molar-refractivity contribution < 1.29 is 5.11 Å². The van der Waals surface area contributed by atoms with Gasteiger partial charge >= 0.3 is 0 Å². The maximum atomic E-state index is 11.7. The fraction of sp³-hybridized carbons (Fsp3) is 0.636. The average molecular weight is 223 g/mol. The van der Waals surface area contributed by atoms with E-state index in [0.29, 0.717) is 12.2 Å². The van der Waals surface area contributed by atoms with Crippen LogP contribution in [0.25, 0.3) is 0 Å². The molecule has 5 nitrogen and oxygen atoms in total. The third kappa shape index (κ3) is 1.61. The van der Waals surface area contributed by atoms with Crippen LogP contribution in [0.1, 0.15) is 20.3 Å². The molecule has 2 unspecified atom stereocenters. The summed E-state index contributed by atoms with van der Waals surface area (Å²) < 4.78 is 1.48. The summed E-state index contributed by atoms with van der Waals surface area (Å²) in [7, 11) is 1.69. The summed E-state index contributed by atoms with van der Waals surface area (Å²) in [4.78, 5) is 15.7. The van der Waals surface area contributed by atoms with Crippen LogP contribution in [0.2, 0.25) is 0 Å². The van der Waals surface area contributed by atoms with E-state index in [2.05, 4.69) is 10.3 Å². The van der Waals surface area contributed by atoms with Crippen LogP contribution >= 0.6 is 0 Å². The number of aromatic nitrogens is 2. The minimum absolute atomic E-state index is 0.102. The highest BCUT2D eigenvalue weighted by molar-refractivity contribution is 5.35. The first-order chi connectivity index (χ1) is 7.43. The Kier molecular flexibility index (Phi) is 2.50. The van der Waals surface area contributed by atoms with E-state index in [1.54, 1.807) is 19.4 Å². The molecule has 2 atom stereocenters. The number of nitrogens with one attached hydrogen (secondary N) is 1. The van der Waals surface area contributed by atoms with E-state index in [1.165, 1.54) is 4.57 Å². The Labute approximate surface area is 94.1 Å². The van der Waals surface area contributed by atoms with Crippen LogP contribution in [0, 0.1) is 5.41 Å². The number of hydrogen-bond acceptors (Lipinski definition) is 4. The molecule has 5 heteroatoms. The summed E-state index contributed by atoms with van der Waals surface area (Å²) in [5.74, 6) is 0.356. The van der Waals surface area contributed by atoms with Crippen LogP contribution in [-0.2, 0) is 7.05 Å². The predicted molar refractivity (Wildman–Crippen MR) is 61.3 cm³/mol. The molecule has 2 N–H and O–H groups in total. The summed E-state index contributed by atoms with van der Waals surface area (Å²) in [6.07, 6.45) is 3.56. The molecule has 1 aliphatic rings. The monoisotopic (exact) mass is 223 g/mol. The van der Waals surface area contributed by atoms with Crippen LogP contribution in [0.15, 0.2) is 17.2 Å². The van der Waals surface area contributed by atoms with Crippen molar-refractivity contribution >= 4 is 5.82 Å². The molecule has 1 heterocycles.